The number of aromatic nitrogens is 1. The zero-order valence-electron chi connectivity index (χ0n) is 12.9. The Kier molecular flexibility index (Phi) is 4.46. The molecule has 1 aliphatic carbocycles. The van der Waals surface area contributed by atoms with Crippen molar-refractivity contribution < 1.29 is 14.3 Å². The fraction of sp³-hybridized carbons (Fsp3) is 0.412. The number of aliphatic hydroxyl groups excluding tert-OH is 1. The van der Waals surface area contributed by atoms with E-state index in [1.54, 1.807) is 17.5 Å². The van der Waals surface area contributed by atoms with Crippen molar-refractivity contribution in [3.8, 4) is 0 Å². The number of hydrogen-bond donors (Lipinski definition) is 2. The minimum Gasteiger partial charge on any atom is -0.394 e. The molecule has 3 rings (SSSR count). The molecule has 23 heavy (non-hydrogen) atoms. The van der Waals surface area contributed by atoms with Crippen molar-refractivity contribution in [2.75, 3.05) is 6.61 Å². The van der Waals surface area contributed by atoms with Gasteiger partial charge in [-0.1, -0.05) is 12.1 Å². The molecule has 0 radical (unpaired) electrons. The maximum Gasteiger partial charge on any atom is 0.271 e. The van der Waals surface area contributed by atoms with Gasteiger partial charge in [0.05, 0.1) is 17.2 Å². The van der Waals surface area contributed by atoms with Crippen molar-refractivity contribution in [3.05, 3.63) is 51.7 Å². The number of hydrogen-bond acceptors (Lipinski definition) is 4. The predicted octanol–water partition coefficient (Wildman–Crippen LogP) is 2.76. The van der Waals surface area contributed by atoms with E-state index in [1.165, 1.54) is 23.5 Å². The van der Waals surface area contributed by atoms with Gasteiger partial charge in [0, 0.05) is 11.8 Å². The molecule has 1 aromatic carbocycles. The number of benzene rings is 1. The summed E-state index contributed by atoms with van der Waals surface area (Å²) in [5.41, 5.74) is 0.746. The van der Waals surface area contributed by atoms with Crippen LogP contribution in [-0.4, -0.2) is 28.1 Å². The number of thiazole rings is 1. The summed E-state index contributed by atoms with van der Waals surface area (Å²) in [6.07, 6.45) is 2.63. The van der Waals surface area contributed by atoms with Crippen LogP contribution in [0.15, 0.2) is 29.6 Å². The summed E-state index contributed by atoms with van der Waals surface area (Å²) in [6.45, 7) is 1.80. The van der Waals surface area contributed by atoms with E-state index in [-0.39, 0.29) is 18.3 Å². The zero-order valence-corrected chi connectivity index (χ0v) is 13.7. The molecule has 0 spiro atoms. The van der Waals surface area contributed by atoms with Gasteiger partial charge in [-0.2, -0.15) is 0 Å². The molecular weight excluding hydrogens is 315 g/mol. The third-order valence-corrected chi connectivity index (χ3v) is 5.11. The highest BCUT2D eigenvalue weighted by atomic mass is 32.1. The van der Waals surface area contributed by atoms with Gasteiger partial charge in [0.1, 0.15) is 11.5 Å². The zero-order chi connectivity index (χ0) is 16.4. The lowest BCUT2D eigenvalue weighted by molar-refractivity contribution is 0.0820. The SMILES string of the molecule is CC(CO)(NC(=O)c1csc(Cc2ccc(F)cc2)n1)C1CC1. The minimum absolute atomic E-state index is 0.0734. The number of aliphatic hydroxyl groups is 1. The molecule has 1 aliphatic rings. The number of carbonyl (C=O) groups excluding carboxylic acids is 1. The quantitative estimate of drug-likeness (QED) is 0.854. The Morgan fingerprint density at radius 1 is 1.43 bits per heavy atom. The molecule has 6 heteroatoms. The summed E-state index contributed by atoms with van der Waals surface area (Å²) in [5.74, 6) is -0.180. The average Bonchev–Trinajstić information content (AvgIpc) is 3.30. The second-order valence-corrected chi connectivity index (χ2v) is 7.18. The van der Waals surface area contributed by atoms with Gasteiger partial charge < -0.3 is 10.4 Å². The monoisotopic (exact) mass is 334 g/mol. The topological polar surface area (TPSA) is 62.2 Å². The lowest BCUT2D eigenvalue weighted by Crippen LogP contribution is -2.50. The molecule has 4 nitrogen and oxygen atoms in total. The van der Waals surface area contributed by atoms with Crippen LogP contribution in [-0.2, 0) is 6.42 Å². The summed E-state index contributed by atoms with van der Waals surface area (Å²) in [4.78, 5) is 16.7. The van der Waals surface area contributed by atoms with Gasteiger partial charge in [-0.3, -0.25) is 4.79 Å². The van der Waals surface area contributed by atoms with E-state index >= 15 is 0 Å². The van der Waals surface area contributed by atoms with E-state index in [0.29, 0.717) is 18.0 Å². The first-order valence-electron chi connectivity index (χ1n) is 7.62. The van der Waals surface area contributed by atoms with Crippen LogP contribution in [0, 0.1) is 11.7 Å². The molecule has 1 amide bonds. The second kappa shape index (κ2) is 6.37. The van der Waals surface area contributed by atoms with Crippen molar-refractivity contribution in [2.45, 2.75) is 31.7 Å². The highest BCUT2D eigenvalue weighted by molar-refractivity contribution is 7.09. The van der Waals surface area contributed by atoms with Gasteiger partial charge in [-0.25, -0.2) is 9.37 Å². The van der Waals surface area contributed by atoms with Gasteiger partial charge in [0.2, 0.25) is 0 Å². The van der Waals surface area contributed by atoms with E-state index in [0.717, 1.165) is 23.4 Å². The first-order valence-corrected chi connectivity index (χ1v) is 8.50. The van der Waals surface area contributed by atoms with Gasteiger partial charge >= 0.3 is 0 Å². The van der Waals surface area contributed by atoms with Crippen LogP contribution < -0.4 is 5.32 Å². The number of nitrogens with one attached hydrogen (secondary N) is 1. The maximum absolute atomic E-state index is 12.9. The molecule has 1 unspecified atom stereocenters. The Balaban J connectivity index is 1.66. The van der Waals surface area contributed by atoms with Crippen LogP contribution in [0.4, 0.5) is 4.39 Å². The normalized spacial score (nSPS) is 16.8. The smallest absolute Gasteiger partial charge is 0.271 e. The van der Waals surface area contributed by atoms with E-state index < -0.39 is 5.54 Å². The van der Waals surface area contributed by atoms with Crippen LogP contribution in [0.5, 0.6) is 0 Å². The molecule has 0 bridgehead atoms. The van der Waals surface area contributed by atoms with Gasteiger partial charge in [-0.05, 0) is 43.4 Å². The number of carbonyl (C=O) groups is 1. The first kappa shape index (κ1) is 16.1. The summed E-state index contributed by atoms with van der Waals surface area (Å²) in [5, 5.41) is 15.0. The number of rotatable bonds is 6. The summed E-state index contributed by atoms with van der Waals surface area (Å²) >= 11 is 1.41. The molecule has 1 heterocycles. The van der Waals surface area contributed by atoms with E-state index in [4.69, 9.17) is 0 Å². The van der Waals surface area contributed by atoms with E-state index in [1.807, 2.05) is 6.92 Å². The Bertz CT molecular complexity index is 697. The molecular formula is C17H19FN2O2S. The van der Waals surface area contributed by atoms with Crippen molar-refractivity contribution in [2.24, 2.45) is 5.92 Å². The predicted molar refractivity (Wildman–Crippen MR) is 87.0 cm³/mol. The lowest BCUT2D eigenvalue weighted by Gasteiger charge is -2.28. The standard InChI is InChI=1S/C17H19FN2O2S/c1-17(10-21,12-4-5-12)20-16(22)14-9-23-15(19-14)8-11-2-6-13(18)7-3-11/h2-3,6-7,9,12,21H,4-5,8,10H2,1H3,(H,20,22). The van der Waals surface area contributed by atoms with Crippen LogP contribution in [0.3, 0.4) is 0 Å². The molecule has 1 fully saturated rings. The first-order chi connectivity index (χ1) is 11.0. The van der Waals surface area contributed by atoms with Crippen molar-refractivity contribution in [1.29, 1.82) is 0 Å². The summed E-state index contributed by atoms with van der Waals surface area (Å²) in [7, 11) is 0. The van der Waals surface area contributed by atoms with Crippen molar-refractivity contribution in [3.63, 3.8) is 0 Å². The van der Waals surface area contributed by atoms with Gasteiger partial charge in [0.15, 0.2) is 0 Å². The Morgan fingerprint density at radius 2 is 2.13 bits per heavy atom. The van der Waals surface area contributed by atoms with Crippen molar-refractivity contribution in [1.82, 2.24) is 10.3 Å². The maximum atomic E-state index is 12.9. The molecule has 0 saturated heterocycles. The van der Waals surface area contributed by atoms with Crippen LogP contribution in [0.25, 0.3) is 0 Å². The van der Waals surface area contributed by atoms with Crippen molar-refractivity contribution >= 4 is 17.2 Å². The highest BCUT2D eigenvalue weighted by Gasteiger charge is 2.42. The van der Waals surface area contributed by atoms with Crippen LogP contribution >= 0.6 is 11.3 Å². The molecule has 1 atom stereocenters. The third kappa shape index (κ3) is 3.76. The summed E-state index contributed by atoms with van der Waals surface area (Å²) < 4.78 is 12.9. The molecule has 1 aromatic heterocycles. The Hall–Kier alpha value is -1.79. The average molecular weight is 334 g/mol. The third-order valence-electron chi connectivity index (χ3n) is 4.26. The second-order valence-electron chi connectivity index (χ2n) is 6.23. The molecule has 1 saturated carbocycles. The molecule has 122 valence electrons. The Morgan fingerprint density at radius 3 is 2.74 bits per heavy atom. The van der Waals surface area contributed by atoms with Gasteiger partial charge in [0.25, 0.3) is 5.91 Å². The van der Waals surface area contributed by atoms with Gasteiger partial charge in [-0.15, -0.1) is 11.3 Å². The Labute approximate surface area is 138 Å². The molecule has 0 aliphatic heterocycles. The summed E-state index contributed by atoms with van der Waals surface area (Å²) in [6, 6.07) is 6.26. The fourth-order valence-corrected chi connectivity index (χ4v) is 3.40. The number of nitrogens with zero attached hydrogens (tertiary/aromatic N) is 1. The number of amides is 1. The molecule has 2 aromatic rings. The lowest BCUT2D eigenvalue weighted by atomic mass is 9.97. The number of halogens is 1. The van der Waals surface area contributed by atoms with Crippen LogP contribution in [0.1, 0.15) is 40.8 Å². The fourth-order valence-electron chi connectivity index (χ4n) is 2.59. The van der Waals surface area contributed by atoms with E-state index in [2.05, 4.69) is 10.3 Å². The highest BCUT2D eigenvalue weighted by Crippen LogP contribution is 2.39. The largest absolute Gasteiger partial charge is 0.394 e. The van der Waals surface area contributed by atoms with Crippen LogP contribution in [0.2, 0.25) is 0 Å². The molecule has 2 N–H and O–H groups in total. The minimum atomic E-state index is -0.572. The van der Waals surface area contributed by atoms with E-state index in [9.17, 15) is 14.3 Å².